The number of carbonyl (C=O) groups is 1. The van der Waals surface area contributed by atoms with E-state index in [9.17, 15) is 9.18 Å². The van der Waals surface area contributed by atoms with E-state index in [-0.39, 0.29) is 11.8 Å². The summed E-state index contributed by atoms with van der Waals surface area (Å²) < 4.78 is 19.5. The fourth-order valence-electron chi connectivity index (χ4n) is 5.43. The van der Waals surface area contributed by atoms with Crippen LogP contribution in [0.25, 0.3) is 33.2 Å². The van der Waals surface area contributed by atoms with E-state index in [1.165, 1.54) is 44.2 Å². The Balaban J connectivity index is 1.61. The van der Waals surface area contributed by atoms with E-state index < -0.39 is 0 Å². The largest absolute Gasteiger partial charge is 0.462 e. The number of ether oxygens (including phenoxy) is 1. The third-order valence-corrected chi connectivity index (χ3v) is 7.77. The van der Waals surface area contributed by atoms with Crippen molar-refractivity contribution in [1.82, 2.24) is 14.9 Å². The van der Waals surface area contributed by atoms with Crippen LogP contribution in [0.4, 0.5) is 10.1 Å². The van der Waals surface area contributed by atoms with Gasteiger partial charge in [-0.05, 0) is 62.7 Å². The van der Waals surface area contributed by atoms with Crippen LogP contribution in [0.2, 0.25) is 5.02 Å². The predicted molar refractivity (Wildman–Crippen MR) is 148 cm³/mol. The number of H-pyrrole nitrogens is 1. The molecule has 1 fully saturated rings. The van der Waals surface area contributed by atoms with Crippen molar-refractivity contribution < 1.29 is 13.9 Å². The summed E-state index contributed by atoms with van der Waals surface area (Å²) in [5.74, 6) is -0.705. The summed E-state index contributed by atoms with van der Waals surface area (Å²) in [6.45, 7) is 2.83. The highest BCUT2D eigenvalue weighted by Gasteiger charge is 2.22. The topological polar surface area (TPSA) is 70.2 Å². The minimum atomic E-state index is -0.377. The molecule has 2 aromatic carbocycles. The molecule has 37 heavy (non-hydrogen) atoms. The molecule has 1 aliphatic carbocycles. The molecule has 8 heteroatoms. The average Bonchev–Trinajstić information content (AvgIpc) is 3.33. The van der Waals surface area contributed by atoms with E-state index in [4.69, 9.17) is 21.3 Å². The van der Waals surface area contributed by atoms with E-state index in [2.05, 4.69) is 22.2 Å². The summed E-state index contributed by atoms with van der Waals surface area (Å²) in [7, 11) is 3.88. The van der Waals surface area contributed by atoms with Gasteiger partial charge >= 0.3 is 5.97 Å². The minimum absolute atomic E-state index is 0.326. The molecule has 1 aliphatic rings. The van der Waals surface area contributed by atoms with Gasteiger partial charge in [-0.25, -0.2) is 14.2 Å². The summed E-state index contributed by atoms with van der Waals surface area (Å²) >= 11 is 6.78. The molecule has 0 saturated heterocycles. The minimum Gasteiger partial charge on any atom is -0.462 e. The van der Waals surface area contributed by atoms with Crippen molar-refractivity contribution in [1.29, 1.82) is 0 Å². The lowest BCUT2D eigenvalue weighted by Crippen LogP contribution is -2.33. The molecule has 2 N–H and O–H groups in total. The van der Waals surface area contributed by atoms with Crippen molar-refractivity contribution in [3.63, 3.8) is 0 Å². The van der Waals surface area contributed by atoms with Gasteiger partial charge in [0.15, 0.2) is 0 Å². The summed E-state index contributed by atoms with van der Waals surface area (Å²) in [6, 6.07) is 11.0. The number of carbonyl (C=O) groups excluding carboxylic acids is 1. The van der Waals surface area contributed by atoms with Crippen LogP contribution in [-0.2, 0) is 11.3 Å². The van der Waals surface area contributed by atoms with Gasteiger partial charge in [0.05, 0.1) is 28.4 Å². The molecule has 194 valence electrons. The van der Waals surface area contributed by atoms with E-state index >= 15 is 0 Å². The fraction of sp³-hybridized carbons (Fsp3) is 0.379. The fourth-order valence-corrected chi connectivity index (χ4v) is 5.72. The van der Waals surface area contributed by atoms with Crippen molar-refractivity contribution in [2.75, 3.05) is 26.0 Å². The molecular weight excluding hydrogens is 491 g/mol. The highest BCUT2D eigenvalue weighted by Crippen LogP contribution is 2.37. The molecule has 4 aromatic rings. The van der Waals surface area contributed by atoms with Crippen LogP contribution in [0.5, 0.6) is 0 Å². The number of hydrogen-bond acceptors (Lipinski definition) is 5. The molecule has 1 saturated carbocycles. The first kappa shape index (κ1) is 25.5. The summed E-state index contributed by atoms with van der Waals surface area (Å²) in [5, 5.41) is 4.73. The summed E-state index contributed by atoms with van der Waals surface area (Å²) in [5.41, 5.74) is 5.16. The number of fused-ring (bicyclic) bond motifs is 2. The molecule has 0 amide bonds. The number of nitrogens with zero attached hydrogens (tertiary/aromatic N) is 2. The van der Waals surface area contributed by atoms with Crippen LogP contribution in [0.1, 0.15) is 54.9 Å². The van der Waals surface area contributed by atoms with Crippen molar-refractivity contribution in [3.8, 4) is 11.3 Å². The van der Waals surface area contributed by atoms with Gasteiger partial charge in [-0.15, -0.1) is 0 Å². The zero-order chi connectivity index (χ0) is 26.1. The van der Waals surface area contributed by atoms with Crippen LogP contribution in [0.3, 0.4) is 0 Å². The first-order chi connectivity index (χ1) is 17.9. The molecule has 6 nitrogen and oxygen atoms in total. The molecule has 5 rings (SSSR count). The third-order valence-electron chi connectivity index (χ3n) is 7.36. The Bertz CT molecular complexity index is 1460. The molecule has 0 atom stereocenters. The van der Waals surface area contributed by atoms with Gasteiger partial charge in [-0.3, -0.25) is 4.90 Å². The molecule has 2 heterocycles. The number of benzene rings is 2. The lowest BCUT2D eigenvalue weighted by molar-refractivity contribution is 0.0526. The Morgan fingerprint density at radius 3 is 2.70 bits per heavy atom. The van der Waals surface area contributed by atoms with Gasteiger partial charge in [0.2, 0.25) is 0 Å². The zero-order valence-electron chi connectivity index (χ0n) is 21.5. The number of aromatic nitrogens is 2. The highest BCUT2D eigenvalue weighted by molar-refractivity contribution is 6.40. The predicted octanol–water partition coefficient (Wildman–Crippen LogP) is 7.16. The Kier molecular flexibility index (Phi) is 7.36. The van der Waals surface area contributed by atoms with Gasteiger partial charge < -0.3 is 15.0 Å². The number of pyridine rings is 1. The lowest BCUT2D eigenvalue weighted by atomic mass is 9.93. The van der Waals surface area contributed by atoms with Crippen molar-refractivity contribution in [2.45, 2.75) is 51.6 Å². The Morgan fingerprint density at radius 2 is 1.97 bits per heavy atom. The molecule has 0 unspecified atom stereocenters. The number of halogens is 2. The Labute approximate surface area is 221 Å². The summed E-state index contributed by atoms with van der Waals surface area (Å²) in [6.07, 6.45) is 6.17. The monoisotopic (exact) mass is 522 g/mol. The number of nitrogens with one attached hydrogen (secondary N) is 2. The summed E-state index contributed by atoms with van der Waals surface area (Å²) in [4.78, 5) is 23.1. The quantitative estimate of drug-likeness (QED) is 0.252. The lowest BCUT2D eigenvalue weighted by Gasteiger charge is -2.31. The molecule has 0 aliphatic heterocycles. The first-order valence-electron chi connectivity index (χ1n) is 12.9. The molecule has 2 aromatic heterocycles. The van der Waals surface area contributed by atoms with Crippen molar-refractivity contribution in [2.24, 2.45) is 0 Å². The second-order valence-corrected chi connectivity index (χ2v) is 10.1. The van der Waals surface area contributed by atoms with E-state index in [0.717, 1.165) is 22.2 Å². The number of aromatic amines is 1. The highest BCUT2D eigenvalue weighted by atomic mass is 35.5. The Hall–Kier alpha value is -3.16. The zero-order valence-corrected chi connectivity index (χ0v) is 22.2. The van der Waals surface area contributed by atoms with Crippen LogP contribution in [0, 0.1) is 5.82 Å². The maximum atomic E-state index is 14.2. The van der Waals surface area contributed by atoms with E-state index in [1.54, 1.807) is 20.0 Å². The van der Waals surface area contributed by atoms with Crippen LogP contribution < -0.4 is 5.32 Å². The smallest absolute Gasteiger partial charge is 0.338 e. The van der Waals surface area contributed by atoms with Gasteiger partial charge in [-0.2, -0.15) is 0 Å². The number of esters is 1. The Morgan fingerprint density at radius 1 is 1.19 bits per heavy atom. The van der Waals surface area contributed by atoms with Gasteiger partial charge in [0.1, 0.15) is 11.5 Å². The molecule has 0 radical (unpaired) electrons. The van der Waals surface area contributed by atoms with Gasteiger partial charge in [0.25, 0.3) is 0 Å². The van der Waals surface area contributed by atoms with Crippen LogP contribution >= 0.6 is 11.6 Å². The first-order valence-corrected chi connectivity index (χ1v) is 13.3. The van der Waals surface area contributed by atoms with Crippen molar-refractivity contribution >= 4 is 45.2 Å². The maximum Gasteiger partial charge on any atom is 0.338 e. The average molecular weight is 523 g/mol. The molecule has 0 spiro atoms. The van der Waals surface area contributed by atoms with E-state index in [0.29, 0.717) is 52.0 Å². The molecular formula is C29H32ClFN4O2. The molecule has 0 bridgehead atoms. The number of anilines is 1. The van der Waals surface area contributed by atoms with Gasteiger partial charge in [-0.1, -0.05) is 36.9 Å². The second kappa shape index (κ2) is 10.7. The SMILES string of the molecule is CCOC(=O)c1ccc(-c2cc3c(Cl)c4cc(F)cc(NC)c4nc3[nH]2)c(CN(C)C2CCCCC2)c1. The normalized spacial score (nSPS) is 14.5. The van der Waals surface area contributed by atoms with E-state index in [1.807, 2.05) is 18.2 Å². The van der Waals surface area contributed by atoms with Crippen LogP contribution in [-0.4, -0.2) is 47.6 Å². The van der Waals surface area contributed by atoms with Gasteiger partial charge in [0, 0.05) is 41.7 Å². The second-order valence-electron chi connectivity index (χ2n) is 9.77. The third kappa shape index (κ3) is 5.03. The number of rotatable bonds is 7. The standard InChI is InChI=1S/C29H32ClFN4O2/c1-4-37-29(36)17-10-11-21(18(12-17)16-35(3)20-8-6-5-7-9-20)24-15-23-26(30)22-13-19(31)14-25(32-2)27(22)34-28(23)33-24/h10-15,20,32H,4-9,16H2,1-3H3,(H,33,34). The van der Waals surface area contributed by atoms with Crippen LogP contribution in [0.15, 0.2) is 36.4 Å². The maximum absolute atomic E-state index is 14.2. The number of hydrogen-bond donors (Lipinski definition) is 2. The van der Waals surface area contributed by atoms with Crippen molar-refractivity contribution in [3.05, 3.63) is 58.4 Å².